The van der Waals surface area contributed by atoms with Gasteiger partial charge in [0.15, 0.2) is 10.5 Å². The maximum atomic E-state index is 13.3. The average Bonchev–Trinajstić information content (AvgIpc) is 3.38. The minimum absolute atomic E-state index is 0.160. The molecule has 0 saturated carbocycles. The van der Waals surface area contributed by atoms with Gasteiger partial charge in [0.2, 0.25) is 0 Å². The highest BCUT2D eigenvalue weighted by Crippen LogP contribution is 2.36. The lowest BCUT2D eigenvalue weighted by Crippen LogP contribution is -2.14. The number of methoxy groups -OCH3 is 1. The van der Waals surface area contributed by atoms with Crippen molar-refractivity contribution in [3.8, 4) is 17.0 Å². The number of aromatic nitrogens is 3. The maximum Gasteiger partial charge on any atom is 0.268 e. The van der Waals surface area contributed by atoms with Gasteiger partial charge in [-0.15, -0.1) is 11.3 Å². The van der Waals surface area contributed by atoms with Crippen molar-refractivity contribution in [1.82, 2.24) is 14.4 Å². The molecule has 0 aliphatic heterocycles. The Labute approximate surface area is 167 Å². The molecule has 140 valence electrons. The molecular formula is C22H13N3O3S. The van der Waals surface area contributed by atoms with Crippen LogP contribution in [0.25, 0.3) is 49.2 Å². The van der Waals surface area contributed by atoms with Crippen molar-refractivity contribution >= 4 is 49.3 Å². The van der Waals surface area contributed by atoms with Crippen LogP contribution in [0.1, 0.15) is 0 Å². The second-order valence-corrected chi connectivity index (χ2v) is 7.53. The minimum atomic E-state index is -0.160. The molecule has 6 rings (SSSR count). The van der Waals surface area contributed by atoms with Gasteiger partial charge in [-0.3, -0.25) is 9.20 Å². The maximum absolute atomic E-state index is 13.3. The normalized spacial score (nSPS) is 11.8. The van der Waals surface area contributed by atoms with Crippen LogP contribution in [0.15, 0.2) is 69.3 Å². The zero-order valence-electron chi connectivity index (χ0n) is 15.2. The summed E-state index contributed by atoms with van der Waals surface area (Å²) in [6.45, 7) is 0. The average molecular weight is 399 g/mol. The second kappa shape index (κ2) is 5.89. The monoisotopic (exact) mass is 399 g/mol. The fourth-order valence-electron chi connectivity index (χ4n) is 3.69. The van der Waals surface area contributed by atoms with E-state index >= 15 is 0 Å². The highest BCUT2D eigenvalue weighted by Gasteiger charge is 2.21. The van der Waals surface area contributed by atoms with Gasteiger partial charge >= 0.3 is 0 Å². The number of benzene rings is 2. The van der Waals surface area contributed by atoms with Crippen molar-refractivity contribution in [2.75, 3.05) is 7.11 Å². The van der Waals surface area contributed by atoms with E-state index in [1.807, 2.05) is 53.9 Å². The Balaban J connectivity index is 1.85. The number of para-hydroxylation sites is 1. The van der Waals surface area contributed by atoms with Gasteiger partial charge in [-0.2, -0.15) is 0 Å². The summed E-state index contributed by atoms with van der Waals surface area (Å²) in [5, 5.41) is 3.18. The van der Waals surface area contributed by atoms with Crippen LogP contribution in [0.5, 0.6) is 5.75 Å². The topological polar surface area (TPSA) is 69.6 Å². The zero-order chi connectivity index (χ0) is 19.5. The van der Waals surface area contributed by atoms with Gasteiger partial charge in [-0.25, -0.2) is 9.97 Å². The van der Waals surface area contributed by atoms with Gasteiger partial charge in [0, 0.05) is 22.5 Å². The van der Waals surface area contributed by atoms with E-state index in [0.717, 1.165) is 22.3 Å². The van der Waals surface area contributed by atoms with Crippen LogP contribution < -0.4 is 10.3 Å². The first-order valence-electron chi connectivity index (χ1n) is 9.00. The molecule has 2 aromatic carbocycles. The molecule has 0 radical (unpaired) electrons. The highest BCUT2D eigenvalue weighted by molar-refractivity contribution is 7.15. The summed E-state index contributed by atoms with van der Waals surface area (Å²) in [5.41, 5.74) is 3.72. The Morgan fingerprint density at radius 3 is 2.69 bits per heavy atom. The highest BCUT2D eigenvalue weighted by atomic mass is 32.1. The molecule has 6 aromatic rings. The Kier molecular flexibility index (Phi) is 3.30. The van der Waals surface area contributed by atoms with E-state index in [1.165, 1.54) is 11.3 Å². The quantitative estimate of drug-likeness (QED) is 0.415. The molecule has 0 aliphatic carbocycles. The van der Waals surface area contributed by atoms with Gasteiger partial charge in [0.25, 0.3) is 5.56 Å². The number of furan rings is 1. The third kappa shape index (κ3) is 2.25. The predicted molar refractivity (Wildman–Crippen MR) is 114 cm³/mol. The molecule has 29 heavy (non-hydrogen) atoms. The molecule has 0 saturated heterocycles. The Bertz CT molecular complexity index is 1610. The van der Waals surface area contributed by atoms with Crippen molar-refractivity contribution < 1.29 is 9.15 Å². The number of thiazole rings is 1. The number of rotatable bonds is 2. The van der Waals surface area contributed by atoms with Crippen LogP contribution in [0.4, 0.5) is 0 Å². The first-order valence-corrected chi connectivity index (χ1v) is 9.88. The minimum Gasteiger partial charge on any atom is -0.497 e. The van der Waals surface area contributed by atoms with Gasteiger partial charge in [-0.05, 0) is 36.4 Å². The standard InChI is InChI=1S/C22H13N3O3S/c1-27-13-8-6-12(7-9-13)17-16-19(24-22-25(21(16)26)10-11-29-22)20-18(23-17)14-4-2-3-5-15(14)28-20/h2-11H,1H3. The van der Waals surface area contributed by atoms with Crippen LogP contribution in [0.3, 0.4) is 0 Å². The summed E-state index contributed by atoms with van der Waals surface area (Å²) in [6, 6.07) is 15.2. The van der Waals surface area contributed by atoms with Gasteiger partial charge < -0.3 is 9.15 Å². The van der Waals surface area contributed by atoms with Crippen molar-refractivity contribution in [1.29, 1.82) is 0 Å². The molecule has 0 N–H and O–H groups in total. The van der Waals surface area contributed by atoms with E-state index in [2.05, 4.69) is 0 Å². The molecule has 0 fully saturated rings. The largest absolute Gasteiger partial charge is 0.497 e. The summed E-state index contributed by atoms with van der Waals surface area (Å²) in [4.78, 5) is 23.6. The summed E-state index contributed by atoms with van der Waals surface area (Å²) in [6.07, 6.45) is 1.73. The fraction of sp³-hybridized carbons (Fsp3) is 0.0455. The van der Waals surface area contributed by atoms with E-state index in [1.54, 1.807) is 17.7 Å². The smallest absolute Gasteiger partial charge is 0.268 e. The molecule has 0 unspecified atom stereocenters. The molecule has 0 amide bonds. The fourth-order valence-corrected chi connectivity index (χ4v) is 4.39. The number of ether oxygens (including phenoxy) is 1. The van der Waals surface area contributed by atoms with Crippen molar-refractivity contribution in [3.63, 3.8) is 0 Å². The molecule has 4 heterocycles. The number of nitrogens with zero attached hydrogens (tertiary/aromatic N) is 3. The summed E-state index contributed by atoms with van der Waals surface area (Å²) in [7, 11) is 1.62. The first-order chi connectivity index (χ1) is 14.2. The molecule has 0 spiro atoms. The molecule has 4 aromatic heterocycles. The number of hydrogen-bond acceptors (Lipinski definition) is 6. The lowest BCUT2D eigenvalue weighted by atomic mass is 10.1. The van der Waals surface area contributed by atoms with Crippen molar-refractivity contribution in [2.24, 2.45) is 0 Å². The van der Waals surface area contributed by atoms with Crippen LogP contribution >= 0.6 is 11.3 Å². The van der Waals surface area contributed by atoms with E-state index in [9.17, 15) is 4.79 Å². The first kappa shape index (κ1) is 16.3. The summed E-state index contributed by atoms with van der Waals surface area (Å²) in [5.74, 6) is 0.739. The number of fused-ring (bicyclic) bond motifs is 6. The second-order valence-electron chi connectivity index (χ2n) is 6.66. The molecule has 0 aliphatic rings. The van der Waals surface area contributed by atoms with Crippen molar-refractivity contribution in [2.45, 2.75) is 0 Å². The Morgan fingerprint density at radius 2 is 1.86 bits per heavy atom. The van der Waals surface area contributed by atoms with Crippen molar-refractivity contribution in [3.05, 3.63) is 70.5 Å². The van der Waals surface area contributed by atoms with Crippen LogP contribution in [-0.4, -0.2) is 21.5 Å². The van der Waals surface area contributed by atoms with Gasteiger partial charge in [-0.1, -0.05) is 12.1 Å². The molecular weight excluding hydrogens is 386 g/mol. The lowest BCUT2D eigenvalue weighted by molar-refractivity contribution is 0.415. The Hall–Kier alpha value is -3.71. The third-order valence-corrected chi connectivity index (χ3v) is 5.83. The van der Waals surface area contributed by atoms with Gasteiger partial charge in [0.1, 0.15) is 22.4 Å². The number of pyridine rings is 1. The van der Waals surface area contributed by atoms with Crippen LogP contribution in [0.2, 0.25) is 0 Å². The zero-order valence-corrected chi connectivity index (χ0v) is 16.1. The van der Waals surface area contributed by atoms with E-state index < -0.39 is 0 Å². The predicted octanol–water partition coefficient (Wildman–Crippen LogP) is 4.88. The number of hydrogen-bond donors (Lipinski definition) is 0. The lowest BCUT2D eigenvalue weighted by Gasteiger charge is -2.08. The molecule has 0 bridgehead atoms. The molecule has 7 heteroatoms. The molecule has 6 nitrogen and oxygen atoms in total. The Morgan fingerprint density at radius 1 is 1.03 bits per heavy atom. The van der Waals surface area contributed by atoms with Gasteiger partial charge in [0.05, 0.1) is 18.2 Å². The van der Waals surface area contributed by atoms with E-state index in [4.69, 9.17) is 19.1 Å². The SMILES string of the molecule is COc1ccc(-c2nc3c4ccccc4oc3c3nc4sccn4c(=O)c23)cc1. The van der Waals surface area contributed by atoms with E-state index in [0.29, 0.717) is 32.7 Å². The molecule has 0 atom stereocenters. The summed E-state index contributed by atoms with van der Waals surface area (Å²) < 4.78 is 12.9. The van der Waals surface area contributed by atoms with Crippen LogP contribution in [-0.2, 0) is 0 Å². The summed E-state index contributed by atoms with van der Waals surface area (Å²) >= 11 is 1.41. The van der Waals surface area contributed by atoms with Crippen LogP contribution in [0, 0.1) is 0 Å². The van der Waals surface area contributed by atoms with E-state index in [-0.39, 0.29) is 5.56 Å². The third-order valence-electron chi connectivity index (χ3n) is 5.07.